The van der Waals surface area contributed by atoms with Gasteiger partial charge >= 0.3 is 5.97 Å². The van der Waals surface area contributed by atoms with Gasteiger partial charge in [0.25, 0.3) is 5.91 Å². The summed E-state index contributed by atoms with van der Waals surface area (Å²) < 4.78 is 4.51. The Morgan fingerprint density at radius 2 is 2.38 bits per heavy atom. The minimum Gasteiger partial charge on any atom is -0.477 e. The first kappa shape index (κ1) is 10.1. The average molecular weight is 225 g/mol. The molecule has 0 radical (unpaired) electrons. The molecule has 8 nitrogen and oxygen atoms in total. The van der Waals surface area contributed by atoms with Crippen molar-refractivity contribution in [2.75, 3.05) is 5.32 Å². The number of oxime groups is 1. The minimum absolute atomic E-state index is 0.0630. The van der Waals surface area contributed by atoms with Gasteiger partial charge in [0.2, 0.25) is 6.10 Å². The summed E-state index contributed by atoms with van der Waals surface area (Å²) in [6, 6.07) is 0. The molecule has 2 heterocycles. The molecule has 2 rings (SSSR count). The van der Waals surface area contributed by atoms with E-state index in [9.17, 15) is 9.59 Å². The number of nitrogens with one attached hydrogen (secondary N) is 1. The molecular formula is C8H7N3O5. The zero-order valence-electron chi connectivity index (χ0n) is 7.91. The quantitative estimate of drug-likeness (QED) is 0.738. The number of anilines is 1. The summed E-state index contributed by atoms with van der Waals surface area (Å²) in [6.07, 6.45) is 1.56. The van der Waals surface area contributed by atoms with Crippen molar-refractivity contribution < 1.29 is 24.1 Å². The smallest absolute Gasteiger partial charge is 0.353 e. The van der Waals surface area contributed by atoms with Gasteiger partial charge in [-0.05, 0) is 0 Å². The molecule has 1 amide bonds. The fourth-order valence-electron chi connectivity index (χ4n) is 1.13. The van der Waals surface area contributed by atoms with Crippen molar-refractivity contribution in [3.05, 3.63) is 12.5 Å². The summed E-state index contributed by atoms with van der Waals surface area (Å²) in [5.74, 6) is -1.69. The van der Waals surface area contributed by atoms with Crippen molar-refractivity contribution in [3.63, 3.8) is 0 Å². The monoisotopic (exact) mass is 225 g/mol. The summed E-state index contributed by atoms with van der Waals surface area (Å²) in [5, 5.41) is 17.7. The van der Waals surface area contributed by atoms with E-state index < -0.39 is 18.0 Å². The molecule has 2 N–H and O–H groups in total. The van der Waals surface area contributed by atoms with Gasteiger partial charge in [0.1, 0.15) is 12.0 Å². The van der Waals surface area contributed by atoms with Crippen LogP contribution in [0.4, 0.5) is 5.69 Å². The van der Waals surface area contributed by atoms with Crippen LogP contribution < -0.4 is 5.32 Å². The molecule has 0 saturated carbocycles. The molecule has 16 heavy (non-hydrogen) atoms. The number of hydrogen-bond donors (Lipinski definition) is 2. The second-order valence-corrected chi connectivity index (χ2v) is 3.04. The van der Waals surface area contributed by atoms with Gasteiger partial charge in [-0.2, -0.15) is 0 Å². The topological polar surface area (TPSA) is 114 Å². The third-order valence-corrected chi connectivity index (χ3v) is 1.91. The molecule has 0 aliphatic carbocycles. The Morgan fingerprint density at radius 3 is 2.94 bits per heavy atom. The van der Waals surface area contributed by atoms with Gasteiger partial charge in [-0.3, -0.25) is 4.79 Å². The number of aromatic nitrogens is 1. The number of carbonyl (C=O) groups is 2. The molecule has 0 aromatic carbocycles. The van der Waals surface area contributed by atoms with Crippen LogP contribution in [0.2, 0.25) is 0 Å². The lowest BCUT2D eigenvalue weighted by Crippen LogP contribution is -2.28. The number of aliphatic carboxylic acids is 1. The number of rotatable bonds is 3. The number of nitrogens with zero attached hydrogens (tertiary/aromatic N) is 2. The molecule has 0 bridgehead atoms. The maximum Gasteiger partial charge on any atom is 0.353 e. The Morgan fingerprint density at radius 1 is 1.56 bits per heavy atom. The first-order valence-corrected chi connectivity index (χ1v) is 4.33. The summed E-state index contributed by atoms with van der Waals surface area (Å²) in [6.45, 7) is 0. The zero-order chi connectivity index (χ0) is 11.5. The van der Waals surface area contributed by atoms with E-state index in [2.05, 4.69) is 25.0 Å². The van der Waals surface area contributed by atoms with Crippen molar-refractivity contribution in [1.29, 1.82) is 0 Å². The van der Waals surface area contributed by atoms with Crippen LogP contribution in [0.15, 0.2) is 22.1 Å². The van der Waals surface area contributed by atoms with Crippen LogP contribution in [0, 0.1) is 0 Å². The molecule has 0 spiro atoms. The summed E-state index contributed by atoms with van der Waals surface area (Å²) in [5.41, 5.74) is 0.197. The van der Waals surface area contributed by atoms with Crippen molar-refractivity contribution >= 4 is 23.3 Å². The van der Waals surface area contributed by atoms with E-state index in [0.29, 0.717) is 5.69 Å². The maximum atomic E-state index is 11.5. The van der Waals surface area contributed by atoms with E-state index in [4.69, 9.17) is 5.11 Å². The van der Waals surface area contributed by atoms with Gasteiger partial charge in [0.05, 0.1) is 6.20 Å². The highest BCUT2D eigenvalue weighted by molar-refractivity contribution is 6.36. The van der Waals surface area contributed by atoms with Crippen molar-refractivity contribution in [2.24, 2.45) is 5.16 Å². The van der Waals surface area contributed by atoms with E-state index in [1.165, 1.54) is 12.5 Å². The first-order chi connectivity index (χ1) is 7.66. The Hall–Kier alpha value is -2.38. The van der Waals surface area contributed by atoms with Gasteiger partial charge in [-0.15, -0.1) is 0 Å². The van der Waals surface area contributed by atoms with E-state index >= 15 is 0 Å². The minimum atomic E-state index is -1.19. The van der Waals surface area contributed by atoms with Gasteiger partial charge in [0.15, 0.2) is 5.71 Å². The van der Waals surface area contributed by atoms with Crippen molar-refractivity contribution in [3.8, 4) is 0 Å². The number of carboxylic acids is 1. The standard InChI is InChI=1S/C8H7N3O5/c12-7(10-4-2-9-15-3-4)6-1-5(8(13)14)11-16-6/h2-3,6H,1H2,(H,10,12)(H,13,14). The second-order valence-electron chi connectivity index (χ2n) is 3.04. The molecular weight excluding hydrogens is 218 g/mol. The van der Waals surface area contributed by atoms with Crippen LogP contribution in [0.1, 0.15) is 6.42 Å². The van der Waals surface area contributed by atoms with Crippen LogP contribution in [0.25, 0.3) is 0 Å². The van der Waals surface area contributed by atoms with Crippen LogP contribution in [-0.2, 0) is 14.4 Å². The lowest BCUT2D eigenvalue weighted by Gasteiger charge is -2.06. The van der Waals surface area contributed by atoms with Gasteiger partial charge in [-0.1, -0.05) is 10.3 Å². The second kappa shape index (κ2) is 4.01. The molecule has 0 saturated heterocycles. The van der Waals surface area contributed by atoms with E-state index in [0.717, 1.165) is 0 Å². The van der Waals surface area contributed by atoms with E-state index in [-0.39, 0.29) is 12.1 Å². The lowest BCUT2D eigenvalue weighted by molar-refractivity contribution is -0.129. The highest BCUT2D eigenvalue weighted by Crippen LogP contribution is 2.13. The predicted octanol–water partition coefficient (Wildman–Crippen LogP) is -0.157. The average Bonchev–Trinajstić information content (AvgIpc) is 2.86. The Bertz CT molecular complexity index is 439. The Balaban J connectivity index is 1.92. The molecule has 1 aliphatic rings. The van der Waals surface area contributed by atoms with Gasteiger partial charge in [0, 0.05) is 6.42 Å². The largest absolute Gasteiger partial charge is 0.477 e. The van der Waals surface area contributed by atoms with E-state index in [1.807, 2.05) is 0 Å². The molecule has 1 atom stereocenters. The number of carboxylic acid groups (broad SMARTS) is 1. The summed E-state index contributed by atoms with van der Waals surface area (Å²) in [7, 11) is 0. The molecule has 0 fully saturated rings. The van der Waals surface area contributed by atoms with Gasteiger partial charge in [-0.25, -0.2) is 4.79 Å². The Kier molecular flexibility index (Phi) is 2.54. The van der Waals surface area contributed by atoms with E-state index in [1.54, 1.807) is 0 Å². The molecule has 1 aromatic heterocycles. The van der Waals surface area contributed by atoms with Crippen LogP contribution in [0.5, 0.6) is 0 Å². The molecule has 84 valence electrons. The van der Waals surface area contributed by atoms with Crippen molar-refractivity contribution in [2.45, 2.75) is 12.5 Å². The molecule has 1 aromatic rings. The third kappa shape index (κ3) is 2.00. The highest BCUT2D eigenvalue weighted by atomic mass is 16.6. The molecule has 1 aliphatic heterocycles. The fourth-order valence-corrected chi connectivity index (χ4v) is 1.13. The van der Waals surface area contributed by atoms with Crippen LogP contribution in [-0.4, -0.2) is 34.0 Å². The van der Waals surface area contributed by atoms with Gasteiger partial charge < -0.3 is 19.8 Å². The summed E-state index contributed by atoms with van der Waals surface area (Å²) >= 11 is 0. The van der Waals surface area contributed by atoms with Crippen LogP contribution in [0.3, 0.4) is 0 Å². The fraction of sp³-hybridized carbons (Fsp3) is 0.250. The normalized spacial score (nSPS) is 18.8. The highest BCUT2D eigenvalue weighted by Gasteiger charge is 2.31. The predicted molar refractivity (Wildman–Crippen MR) is 49.7 cm³/mol. The number of hydrogen-bond acceptors (Lipinski definition) is 6. The molecule has 8 heteroatoms. The Labute approximate surface area is 88.8 Å². The number of carbonyl (C=O) groups excluding carboxylic acids is 1. The SMILES string of the molecule is O=C(O)C1=NOC(C(=O)Nc2cnoc2)C1. The summed E-state index contributed by atoms with van der Waals surface area (Å²) in [4.78, 5) is 26.7. The van der Waals surface area contributed by atoms with Crippen molar-refractivity contribution in [1.82, 2.24) is 5.16 Å². The third-order valence-electron chi connectivity index (χ3n) is 1.91. The number of amides is 1. The maximum absolute atomic E-state index is 11.5. The zero-order valence-corrected chi connectivity index (χ0v) is 7.91. The van der Waals surface area contributed by atoms with Crippen LogP contribution >= 0.6 is 0 Å². The lowest BCUT2D eigenvalue weighted by atomic mass is 10.2. The molecule has 1 unspecified atom stereocenters. The first-order valence-electron chi connectivity index (χ1n) is 4.33.